The summed E-state index contributed by atoms with van der Waals surface area (Å²) in [4.78, 5) is 37.5. The van der Waals surface area contributed by atoms with Gasteiger partial charge in [0, 0.05) is 18.4 Å². The second-order valence-corrected chi connectivity index (χ2v) is 7.30. The van der Waals surface area contributed by atoms with Crippen LogP contribution in [0.15, 0.2) is 24.3 Å². The fourth-order valence-corrected chi connectivity index (χ4v) is 3.52. The Kier molecular flexibility index (Phi) is 6.37. The van der Waals surface area contributed by atoms with E-state index in [9.17, 15) is 14.4 Å². The number of hydrogen-bond acceptors (Lipinski definition) is 4. The maximum Gasteiger partial charge on any atom is 0.266 e. The molecule has 1 aromatic rings. The van der Waals surface area contributed by atoms with Crippen molar-refractivity contribution in [2.45, 2.75) is 52.0 Å². The van der Waals surface area contributed by atoms with Crippen LogP contribution in [0.3, 0.4) is 0 Å². The van der Waals surface area contributed by atoms with E-state index in [1.807, 2.05) is 32.0 Å². The standard InChI is InChI=1S/C19H27N3O4/c1-13-4-3-5-14(12-13)8-9-19(2)10-11-22(18(19)25)15(17(24)21-26)6-7-16(20)23/h3-5,12,15,26H,6-11H2,1-2H3,(H2,20,23)(H,21,24)/t15-,19?/m1/s1. The van der Waals surface area contributed by atoms with Crippen molar-refractivity contribution in [2.24, 2.45) is 11.1 Å². The lowest BCUT2D eigenvalue weighted by Crippen LogP contribution is -2.48. The average molecular weight is 361 g/mol. The highest BCUT2D eigenvalue weighted by Gasteiger charge is 2.46. The second-order valence-electron chi connectivity index (χ2n) is 7.30. The van der Waals surface area contributed by atoms with Gasteiger partial charge in [0.1, 0.15) is 6.04 Å². The lowest BCUT2D eigenvalue weighted by molar-refractivity contribution is -0.146. The Morgan fingerprint density at radius 1 is 1.42 bits per heavy atom. The number of benzene rings is 1. The Balaban J connectivity index is 2.07. The molecule has 2 atom stereocenters. The highest BCUT2D eigenvalue weighted by molar-refractivity contribution is 5.91. The number of nitrogens with two attached hydrogens (primary N) is 1. The van der Waals surface area contributed by atoms with Gasteiger partial charge in [0.2, 0.25) is 11.8 Å². The minimum Gasteiger partial charge on any atom is -0.370 e. The highest BCUT2D eigenvalue weighted by atomic mass is 16.5. The predicted molar refractivity (Wildman–Crippen MR) is 96.1 cm³/mol. The van der Waals surface area contributed by atoms with Crippen LogP contribution in [0.1, 0.15) is 43.7 Å². The van der Waals surface area contributed by atoms with Gasteiger partial charge in [-0.25, -0.2) is 5.48 Å². The van der Waals surface area contributed by atoms with E-state index in [2.05, 4.69) is 6.07 Å². The van der Waals surface area contributed by atoms with Gasteiger partial charge in [-0.3, -0.25) is 19.6 Å². The lowest BCUT2D eigenvalue weighted by Gasteiger charge is -2.28. The third-order valence-corrected chi connectivity index (χ3v) is 5.18. The van der Waals surface area contributed by atoms with Crippen molar-refractivity contribution in [2.75, 3.05) is 6.54 Å². The van der Waals surface area contributed by atoms with Crippen LogP contribution >= 0.6 is 0 Å². The number of nitrogens with zero attached hydrogens (tertiary/aromatic N) is 1. The molecule has 0 radical (unpaired) electrons. The number of aryl methyl sites for hydroxylation is 2. The number of rotatable bonds is 8. The molecular weight excluding hydrogens is 334 g/mol. The van der Waals surface area contributed by atoms with Crippen molar-refractivity contribution in [3.63, 3.8) is 0 Å². The molecular formula is C19H27N3O4. The van der Waals surface area contributed by atoms with Crippen LogP contribution in [0.4, 0.5) is 0 Å². The number of amides is 3. The zero-order valence-electron chi connectivity index (χ0n) is 15.3. The Hall–Kier alpha value is -2.41. The van der Waals surface area contributed by atoms with E-state index < -0.39 is 23.3 Å². The molecule has 0 bridgehead atoms. The van der Waals surface area contributed by atoms with Crippen LogP contribution in [0.5, 0.6) is 0 Å². The first kappa shape index (κ1) is 19.9. The SMILES string of the molecule is Cc1cccc(CCC2(C)CCN([C@H](CCC(N)=O)C(=O)NO)C2=O)c1. The van der Waals surface area contributed by atoms with Crippen LogP contribution in [-0.4, -0.2) is 40.4 Å². The van der Waals surface area contributed by atoms with Gasteiger partial charge in [-0.05, 0) is 38.2 Å². The van der Waals surface area contributed by atoms with Gasteiger partial charge in [-0.2, -0.15) is 0 Å². The van der Waals surface area contributed by atoms with E-state index in [0.717, 1.165) is 6.42 Å². The Labute approximate surface area is 153 Å². The summed E-state index contributed by atoms with van der Waals surface area (Å²) in [5.74, 6) is -1.36. The van der Waals surface area contributed by atoms with Gasteiger partial charge < -0.3 is 10.6 Å². The van der Waals surface area contributed by atoms with E-state index in [4.69, 9.17) is 10.9 Å². The maximum atomic E-state index is 13.0. The molecule has 1 aromatic carbocycles. The fraction of sp³-hybridized carbons (Fsp3) is 0.526. The van der Waals surface area contributed by atoms with Crippen molar-refractivity contribution >= 4 is 17.7 Å². The molecule has 1 heterocycles. The van der Waals surface area contributed by atoms with Crippen LogP contribution in [0, 0.1) is 12.3 Å². The zero-order chi connectivity index (χ0) is 19.3. The first-order valence-electron chi connectivity index (χ1n) is 8.86. The zero-order valence-corrected chi connectivity index (χ0v) is 15.3. The smallest absolute Gasteiger partial charge is 0.266 e. The normalized spacial score (nSPS) is 20.9. The third-order valence-electron chi connectivity index (χ3n) is 5.18. The first-order chi connectivity index (χ1) is 12.3. The summed E-state index contributed by atoms with van der Waals surface area (Å²) >= 11 is 0. The molecule has 0 spiro atoms. The van der Waals surface area contributed by atoms with Crippen LogP contribution in [0.25, 0.3) is 0 Å². The van der Waals surface area contributed by atoms with Crippen molar-refractivity contribution in [1.29, 1.82) is 0 Å². The summed E-state index contributed by atoms with van der Waals surface area (Å²) < 4.78 is 0. The average Bonchev–Trinajstić information content (AvgIpc) is 2.89. The molecule has 3 amide bonds. The molecule has 1 saturated heterocycles. The Bertz CT molecular complexity index is 691. The highest BCUT2D eigenvalue weighted by Crippen LogP contribution is 2.37. The van der Waals surface area contributed by atoms with Gasteiger partial charge in [0.25, 0.3) is 5.91 Å². The molecule has 7 nitrogen and oxygen atoms in total. The summed E-state index contributed by atoms with van der Waals surface area (Å²) in [6.07, 6.45) is 2.15. The number of primary amides is 1. The number of hydroxylamine groups is 1. The summed E-state index contributed by atoms with van der Waals surface area (Å²) in [5, 5.41) is 8.97. The van der Waals surface area contributed by atoms with E-state index in [1.165, 1.54) is 16.0 Å². The van der Waals surface area contributed by atoms with Crippen molar-refractivity contribution in [3.05, 3.63) is 35.4 Å². The Morgan fingerprint density at radius 2 is 2.15 bits per heavy atom. The van der Waals surface area contributed by atoms with Crippen molar-refractivity contribution in [1.82, 2.24) is 10.4 Å². The Morgan fingerprint density at radius 3 is 2.77 bits per heavy atom. The summed E-state index contributed by atoms with van der Waals surface area (Å²) in [7, 11) is 0. The van der Waals surface area contributed by atoms with E-state index >= 15 is 0 Å². The molecule has 1 fully saturated rings. The minimum absolute atomic E-state index is 0.0259. The van der Waals surface area contributed by atoms with Crippen LogP contribution in [0.2, 0.25) is 0 Å². The fourth-order valence-electron chi connectivity index (χ4n) is 3.52. The first-order valence-corrected chi connectivity index (χ1v) is 8.86. The monoisotopic (exact) mass is 361 g/mol. The molecule has 0 aromatic heterocycles. The topological polar surface area (TPSA) is 113 Å². The molecule has 0 aliphatic carbocycles. The summed E-state index contributed by atoms with van der Waals surface area (Å²) in [5.41, 5.74) is 8.54. The van der Waals surface area contributed by atoms with E-state index in [0.29, 0.717) is 19.4 Å². The van der Waals surface area contributed by atoms with Gasteiger partial charge >= 0.3 is 0 Å². The van der Waals surface area contributed by atoms with Gasteiger partial charge in [0.15, 0.2) is 0 Å². The van der Waals surface area contributed by atoms with E-state index in [-0.39, 0.29) is 18.7 Å². The number of carbonyl (C=O) groups excluding carboxylic acids is 3. The number of nitrogens with one attached hydrogen (secondary N) is 1. The third kappa shape index (κ3) is 4.60. The molecule has 1 aliphatic rings. The largest absolute Gasteiger partial charge is 0.370 e. The van der Waals surface area contributed by atoms with E-state index in [1.54, 1.807) is 5.48 Å². The van der Waals surface area contributed by atoms with Gasteiger partial charge in [0.05, 0.1) is 0 Å². The molecule has 0 saturated carbocycles. The van der Waals surface area contributed by atoms with Crippen molar-refractivity contribution in [3.8, 4) is 0 Å². The molecule has 142 valence electrons. The molecule has 1 unspecified atom stereocenters. The summed E-state index contributed by atoms with van der Waals surface area (Å²) in [6, 6.07) is 7.30. The molecule has 2 rings (SSSR count). The minimum atomic E-state index is -0.888. The van der Waals surface area contributed by atoms with Crippen LogP contribution in [-0.2, 0) is 20.8 Å². The lowest BCUT2D eigenvalue weighted by atomic mass is 9.82. The summed E-state index contributed by atoms with van der Waals surface area (Å²) in [6.45, 7) is 4.36. The van der Waals surface area contributed by atoms with Gasteiger partial charge in [-0.15, -0.1) is 0 Å². The molecule has 26 heavy (non-hydrogen) atoms. The molecule has 7 heteroatoms. The number of hydrogen-bond donors (Lipinski definition) is 3. The van der Waals surface area contributed by atoms with Crippen LogP contribution < -0.4 is 11.2 Å². The quantitative estimate of drug-likeness (QED) is 0.478. The molecule has 1 aliphatic heterocycles. The molecule has 4 N–H and O–H groups in total. The predicted octanol–water partition coefficient (Wildman–Crippen LogP) is 1.31. The van der Waals surface area contributed by atoms with Crippen molar-refractivity contribution < 1.29 is 19.6 Å². The second kappa shape index (κ2) is 8.31. The number of carbonyl (C=O) groups is 3. The number of likely N-dealkylation sites (tertiary alicyclic amines) is 1. The maximum absolute atomic E-state index is 13.0. The van der Waals surface area contributed by atoms with Gasteiger partial charge in [-0.1, -0.05) is 36.8 Å².